The van der Waals surface area contributed by atoms with E-state index >= 15 is 0 Å². The third-order valence-electron chi connectivity index (χ3n) is 2.48. The van der Waals surface area contributed by atoms with Crippen LogP contribution in [0.25, 0.3) is 0 Å². The second kappa shape index (κ2) is 6.34. The summed E-state index contributed by atoms with van der Waals surface area (Å²) in [6.07, 6.45) is 8.48. The number of ether oxygens (including phenoxy) is 1. The lowest BCUT2D eigenvalue weighted by Crippen LogP contribution is -2.38. The van der Waals surface area contributed by atoms with Crippen molar-refractivity contribution >= 4 is 15.9 Å². The number of halogens is 1. The van der Waals surface area contributed by atoms with E-state index < -0.39 is 0 Å². The largest absolute Gasteiger partial charge is 0.357 e. The minimum Gasteiger partial charge on any atom is -0.357 e. The highest BCUT2D eigenvalue weighted by Crippen LogP contribution is 2.20. The van der Waals surface area contributed by atoms with Crippen LogP contribution in [0, 0.1) is 12.3 Å². The zero-order valence-corrected chi connectivity index (χ0v) is 11.3. The van der Waals surface area contributed by atoms with E-state index in [2.05, 4.69) is 31.9 Å². The molecule has 18 heavy (non-hydrogen) atoms. The van der Waals surface area contributed by atoms with Gasteiger partial charge in [0.05, 0.1) is 0 Å². The Labute approximate surface area is 114 Å². The molecule has 1 unspecified atom stereocenters. The molecule has 1 aromatic heterocycles. The number of benzene rings is 1. The van der Waals surface area contributed by atoms with Crippen molar-refractivity contribution in [1.82, 2.24) is 10.1 Å². The fourth-order valence-electron chi connectivity index (χ4n) is 1.61. The lowest BCUT2D eigenvalue weighted by molar-refractivity contribution is -0.758. The predicted octanol–water partition coefficient (Wildman–Crippen LogP) is 1.85. The number of aromatic nitrogens is 3. The zero-order chi connectivity index (χ0) is 12.8. The molecule has 92 valence electrons. The van der Waals surface area contributed by atoms with E-state index in [1.165, 1.54) is 0 Å². The SMILES string of the molecule is C#CCOC(C[n+]1cnc[nH]1)c1ccc(Br)cc1. The molecular weight excluding hydrogens is 294 g/mol. The Balaban J connectivity index is 2.14. The van der Waals surface area contributed by atoms with Crippen LogP contribution >= 0.6 is 15.9 Å². The van der Waals surface area contributed by atoms with Crippen molar-refractivity contribution in [1.29, 1.82) is 0 Å². The van der Waals surface area contributed by atoms with Crippen LogP contribution in [-0.2, 0) is 11.3 Å². The van der Waals surface area contributed by atoms with Gasteiger partial charge in [0.1, 0.15) is 19.3 Å². The van der Waals surface area contributed by atoms with E-state index in [1.807, 2.05) is 28.9 Å². The Morgan fingerprint density at radius 2 is 2.22 bits per heavy atom. The van der Waals surface area contributed by atoms with Gasteiger partial charge in [0.25, 0.3) is 0 Å². The summed E-state index contributed by atoms with van der Waals surface area (Å²) in [5, 5.41) is 2.99. The molecule has 0 fully saturated rings. The molecule has 0 radical (unpaired) electrons. The topological polar surface area (TPSA) is 41.8 Å². The van der Waals surface area contributed by atoms with E-state index in [1.54, 1.807) is 12.7 Å². The molecule has 0 aliphatic rings. The molecular formula is C13H13BrN3O+. The molecule has 0 bridgehead atoms. The number of hydrogen-bond donors (Lipinski definition) is 1. The Kier molecular flexibility index (Phi) is 4.51. The number of aromatic amines is 1. The first-order chi connectivity index (χ1) is 8.79. The molecule has 4 nitrogen and oxygen atoms in total. The molecule has 1 atom stereocenters. The third kappa shape index (κ3) is 3.42. The summed E-state index contributed by atoms with van der Waals surface area (Å²) in [6, 6.07) is 8.00. The van der Waals surface area contributed by atoms with Crippen molar-refractivity contribution in [2.45, 2.75) is 12.6 Å². The van der Waals surface area contributed by atoms with Crippen molar-refractivity contribution in [3.8, 4) is 12.3 Å². The molecule has 0 aliphatic carbocycles. The molecule has 1 N–H and O–H groups in total. The highest BCUT2D eigenvalue weighted by molar-refractivity contribution is 9.10. The minimum atomic E-state index is -0.0976. The predicted molar refractivity (Wildman–Crippen MR) is 70.5 cm³/mol. The number of nitrogens with zero attached hydrogens (tertiary/aromatic N) is 2. The summed E-state index contributed by atoms with van der Waals surface area (Å²) in [5.74, 6) is 2.49. The lowest BCUT2D eigenvalue weighted by atomic mass is 10.1. The summed E-state index contributed by atoms with van der Waals surface area (Å²) in [5.41, 5.74) is 1.08. The van der Waals surface area contributed by atoms with E-state index in [4.69, 9.17) is 11.2 Å². The Hall–Kier alpha value is -1.64. The summed E-state index contributed by atoms with van der Waals surface area (Å²) in [4.78, 5) is 3.97. The highest BCUT2D eigenvalue weighted by Gasteiger charge is 2.16. The number of hydrogen-bond acceptors (Lipinski definition) is 2. The molecule has 0 amide bonds. The zero-order valence-electron chi connectivity index (χ0n) is 9.71. The van der Waals surface area contributed by atoms with Crippen LogP contribution < -0.4 is 4.68 Å². The van der Waals surface area contributed by atoms with Crippen LogP contribution in [0.3, 0.4) is 0 Å². The van der Waals surface area contributed by atoms with Gasteiger partial charge in [0, 0.05) is 4.47 Å². The van der Waals surface area contributed by atoms with Gasteiger partial charge in [-0.2, -0.15) is 9.78 Å². The monoisotopic (exact) mass is 306 g/mol. The summed E-state index contributed by atoms with van der Waals surface area (Å²) >= 11 is 3.41. The van der Waals surface area contributed by atoms with Gasteiger partial charge >= 0.3 is 6.33 Å². The standard InChI is InChI=1S/C13H12BrN3O/c1-2-7-18-13(8-17-10-15-9-16-17)11-3-5-12(14)6-4-11/h1,3-6,9-10,13H,7-8H2/p+1. The number of terminal acetylenes is 1. The second-order valence-corrected chi connectivity index (χ2v) is 4.65. The van der Waals surface area contributed by atoms with Gasteiger partial charge in [0.15, 0.2) is 0 Å². The average molecular weight is 307 g/mol. The molecule has 0 saturated heterocycles. The number of H-pyrrole nitrogens is 1. The molecule has 1 heterocycles. The first kappa shape index (κ1) is 12.8. The maximum absolute atomic E-state index is 5.67. The van der Waals surface area contributed by atoms with Crippen LogP contribution in [0.1, 0.15) is 11.7 Å². The minimum absolute atomic E-state index is 0.0976. The fraction of sp³-hybridized carbons (Fsp3) is 0.231. The Bertz CT molecular complexity index is 516. The summed E-state index contributed by atoms with van der Waals surface area (Å²) < 4.78 is 8.56. The van der Waals surface area contributed by atoms with E-state index in [-0.39, 0.29) is 12.7 Å². The lowest BCUT2D eigenvalue weighted by Gasteiger charge is -2.14. The van der Waals surface area contributed by atoms with Gasteiger partial charge in [-0.15, -0.1) is 6.42 Å². The molecule has 0 spiro atoms. The van der Waals surface area contributed by atoms with Crippen LogP contribution in [0.15, 0.2) is 41.4 Å². The van der Waals surface area contributed by atoms with E-state index in [9.17, 15) is 0 Å². The van der Waals surface area contributed by atoms with Gasteiger partial charge in [0.2, 0.25) is 6.33 Å². The highest BCUT2D eigenvalue weighted by atomic mass is 79.9. The van der Waals surface area contributed by atoms with E-state index in [0.29, 0.717) is 6.54 Å². The van der Waals surface area contributed by atoms with Crippen molar-refractivity contribution in [3.05, 3.63) is 47.0 Å². The Morgan fingerprint density at radius 3 is 2.83 bits per heavy atom. The van der Waals surface area contributed by atoms with Gasteiger partial charge in [-0.25, -0.2) is 0 Å². The number of rotatable bonds is 5. The van der Waals surface area contributed by atoms with Crippen molar-refractivity contribution in [3.63, 3.8) is 0 Å². The quantitative estimate of drug-likeness (QED) is 0.676. The van der Waals surface area contributed by atoms with Gasteiger partial charge in [-0.1, -0.05) is 34.0 Å². The molecule has 2 rings (SSSR count). The molecule has 2 aromatic rings. The third-order valence-corrected chi connectivity index (χ3v) is 3.00. The van der Waals surface area contributed by atoms with Gasteiger partial charge < -0.3 is 4.74 Å². The first-order valence-electron chi connectivity index (χ1n) is 5.48. The van der Waals surface area contributed by atoms with Crippen LogP contribution in [-0.4, -0.2) is 16.7 Å². The van der Waals surface area contributed by atoms with Gasteiger partial charge in [-0.3, -0.25) is 0 Å². The molecule has 0 saturated carbocycles. The maximum Gasteiger partial charge on any atom is 0.306 e. The van der Waals surface area contributed by atoms with Crippen molar-refractivity contribution in [2.24, 2.45) is 0 Å². The maximum atomic E-state index is 5.67. The van der Waals surface area contributed by atoms with Gasteiger partial charge in [-0.05, 0) is 22.7 Å². The van der Waals surface area contributed by atoms with E-state index in [0.717, 1.165) is 10.0 Å². The van der Waals surface area contributed by atoms with Crippen molar-refractivity contribution in [2.75, 3.05) is 6.61 Å². The normalized spacial score (nSPS) is 12.0. The molecule has 0 aliphatic heterocycles. The smallest absolute Gasteiger partial charge is 0.306 e. The van der Waals surface area contributed by atoms with Crippen LogP contribution in [0.5, 0.6) is 0 Å². The molecule has 1 aromatic carbocycles. The summed E-state index contributed by atoms with van der Waals surface area (Å²) in [6.45, 7) is 0.929. The van der Waals surface area contributed by atoms with Crippen LogP contribution in [0.4, 0.5) is 0 Å². The van der Waals surface area contributed by atoms with Crippen molar-refractivity contribution < 1.29 is 9.42 Å². The Morgan fingerprint density at radius 1 is 1.44 bits per heavy atom. The average Bonchev–Trinajstić information content (AvgIpc) is 2.88. The fourth-order valence-corrected chi connectivity index (χ4v) is 1.88. The second-order valence-electron chi connectivity index (χ2n) is 3.73. The number of nitrogens with one attached hydrogen (secondary N) is 1. The van der Waals surface area contributed by atoms with Crippen LogP contribution in [0.2, 0.25) is 0 Å². The summed E-state index contributed by atoms with van der Waals surface area (Å²) in [7, 11) is 0. The first-order valence-corrected chi connectivity index (χ1v) is 6.27. The molecule has 5 heteroatoms.